The number of hydrogen-bond acceptors (Lipinski definition) is 8. The van der Waals surface area contributed by atoms with E-state index in [1.165, 1.54) is 18.3 Å². The van der Waals surface area contributed by atoms with Crippen molar-refractivity contribution in [2.24, 2.45) is 0 Å². The Bertz CT molecular complexity index is 1430. The second-order valence-corrected chi connectivity index (χ2v) is 9.28. The molecule has 4 aromatic rings. The number of nitrogens with zero attached hydrogens (tertiary/aromatic N) is 2. The Morgan fingerprint density at radius 2 is 1.97 bits per heavy atom. The summed E-state index contributed by atoms with van der Waals surface area (Å²) in [6.07, 6.45) is 1.06. The number of carboxylic acids is 1. The molecule has 0 aliphatic heterocycles. The van der Waals surface area contributed by atoms with Crippen LogP contribution in [0.5, 0.6) is 5.75 Å². The molecule has 2 aromatic carbocycles. The Kier molecular flexibility index (Phi) is 7.61. The summed E-state index contributed by atoms with van der Waals surface area (Å²) in [6.45, 7) is 6.37. The van der Waals surface area contributed by atoms with Crippen molar-refractivity contribution in [2.75, 3.05) is 12.0 Å². The molecule has 4 rings (SSSR count). The second kappa shape index (κ2) is 10.9. The highest BCUT2D eigenvalue weighted by molar-refractivity contribution is 5.88. The predicted octanol–water partition coefficient (Wildman–Crippen LogP) is 4.34. The number of ether oxygens (including phenoxy) is 1. The number of anilines is 1. The first-order chi connectivity index (χ1) is 17.7. The number of aromatic carboxylic acids is 1. The molecule has 0 saturated carbocycles. The topological polar surface area (TPSA) is 141 Å². The van der Waals surface area contributed by atoms with E-state index in [9.17, 15) is 19.8 Å². The van der Waals surface area contributed by atoms with Gasteiger partial charge in [0.25, 0.3) is 0 Å². The number of nitrogens with one attached hydrogen (secondary N) is 2. The summed E-state index contributed by atoms with van der Waals surface area (Å²) in [5.74, 6) is -0.958. The van der Waals surface area contributed by atoms with Crippen LogP contribution in [0.2, 0.25) is 0 Å². The Balaban J connectivity index is 1.60. The van der Waals surface area contributed by atoms with Crippen LogP contribution in [0.3, 0.4) is 0 Å². The quantitative estimate of drug-likeness (QED) is 0.219. The lowest BCUT2D eigenvalue weighted by atomic mass is 9.99. The van der Waals surface area contributed by atoms with Crippen LogP contribution in [0.15, 0.2) is 70.0 Å². The van der Waals surface area contributed by atoms with Crippen molar-refractivity contribution in [1.82, 2.24) is 15.0 Å². The molecule has 37 heavy (non-hydrogen) atoms. The normalized spacial score (nSPS) is 12.6. The summed E-state index contributed by atoms with van der Waals surface area (Å²) in [5.41, 5.74) is 4.74. The van der Waals surface area contributed by atoms with E-state index in [4.69, 9.17) is 9.15 Å². The number of β-amino-alcohol motifs (C(OH)–C–C–N with tert-alkyl or cyclic N) is 1. The standard InChI is InChI=1S/C27H30N4O6/c1-4-27(2,3)31(30-22-14-18(25(33)34)12-13-28-22)15-20(32)19-10-11-21(23-24(19)37-26(35)29-23)36-16-17-8-6-5-7-9-17/h5-14,20,32H,4,15-16H2,1-3H3,(H,28,30)(H,29,35)(H,33,34). The molecule has 0 amide bonds. The summed E-state index contributed by atoms with van der Waals surface area (Å²) in [6, 6.07) is 15.8. The highest BCUT2D eigenvalue weighted by Crippen LogP contribution is 2.32. The molecule has 0 radical (unpaired) electrons. The molecule has 10 nitrogen and oxygen atoms in total. The van der Waals surface area contributed by atoms with Crippen LogP contribution >= 0.6 is 0 Å². The van der Waals surface area contributed by atoms with Gasteiger partial charge in [-0.3, -0.25) is 4.98 Å². The number of carbonyl (C=O) groups is 1. The lowest BCUT2D eigenvalue weighted by molar-refractivity contribution is 0.0669. The van der Waals surface area contributed by atoms with Crippen molar-refractivity contribution in [3.05, 3.63) is 88.0 Å². The van der Waals surface area contributed by atoms with Crippen molar-refractivity contribution in [3.63, 3.8) is 0 Å². The Hall–Kier alpha value is -4.15. The van der Waals surface area contributed by atoms with Gasteiger partial charge in [0.1, 0.15) is 23.7 Å². The van der Waals surface area contributed by atoms with E-state index in [0.717, 1.165) is 5.56 Å². The number of hydrazine groups is 1. The largest absolute Gasteiger partial charge is 0.487 e. The first kappa shape index (κ1) is 25.9. The molecule has 0 fully saturated rings. The van der Waals surface area contributed by atoms with Gasteiger partial charge in [0.05, 0.1) is 11.7 Å². The van der Waals surface area contributed by atoms with Gasteiger partial charge in [0.15, 0.2) is 5.58 Å². The molecule has 2 aromatic heterocycles. The van der Waals surface area contributed by atoms with E-state index in [1.807, 2.05) is 51.1 Å². The zero-order chi connectivity index (χ0) is 26.6. The zero-order valence-electron chi connectivity index (χ0n) is 20.9. The van der Waals surface area contributed by atoms with Gasteiger partial charge >= 0.3 is 11.7 Å². The highest BCUT2D eigenvalue weighted by Gasteiger charge is 2.29. The van der Waals surface area contributed by atoms with Crippen LogP contribution in [-0.2, 0) is 6.61 Å². The van der Waals surface area contributed by atoms with E-state index < -0.39 is 23.4 Å². The SMILES string of the molecule is CCC(C)(C)N(CC(O)c1ccc(OCc2ccccc2)c2[nH]c(=O)oc12)Nc1cc(C(=O)O)ccn1. The Morgan fingerprint density at radius 1 is 1.22 bits per heavy atom. The number of pyridine rings is 1. The molecule has 0 saturated heterocycles. The van der Waals surface area contributed by atoms with Crippen LogP contribution in [0.4, 0.5) is 5.82 Å². The summed E-state index contributed by atoms with van der Waals surface area (Å²) in [5, 5.41) is 22.4. The monoisotopic (exact) mass is 506 g/mol. The fourth-order valence-corrected chi connectivity index (χ4v) is 3.82. The molecule has 2 heterocycles. The number of oxazole rings is 1. The predicted molar refractivity (Wildman–Crippen MR) is 138 cm³/mol. The van der Waals surface area contributed by atoms with Crippen molar-refractivity contribution in [1.29, 1.82) is 0 Å². The minimum Gasteiger partial charge on any atom is -0.487 e. The summed E-state index contributed by atoms with van der Waals surface area (Å²) >= 11 is 0. The van der Waals surface area contributed by atoms with Crippen molar-refractivity contribution in [2.45, 2.75) is 45.4 Å². The first-order valence-electron chi connectivity index (χ1n) is 11.9. The molecule has 0 bridgehead atoms. The van der Waals surface area contributed by atoms with Gasteiger partial charge in [-0.25, -0.2) is 19.6 Å². The smallest absolute Gasteiger partial charge is 0.417 e. The van der Waals surface area contributed by atoms with Gasteiger partial charge in [-0.05, 0) is 50.1 Å². The maximum atomic E-state index is 12.1. The van der Waals surface area contributed by atoms with Gasteiger partial charge in [-0.15, -0.1) is 0 Å². The number of rotatable bonds is 11. The fourth-order valence-electron chi connectivity index (χ4n) is 3.82. The second-order valence-electron chi connectivity index (χ2n) is 9.28. The molecule has 0 aliphatic rings. The fraction of sp³-hybridized carbons (Fsp3) is 0.296. The summed E-state index contributed by atoms with van der Waals surface area (Å²) in [4.78, 5) is 30.4. The molecule has 1 atom stereocenters. The molecule has 0 aliphatic carbocycles. The Morgan fingerprint density at radius 3 is 2.68 bits per heavy atom. The van der Waals surface area contributed by atoms with Gasteiger partial charge in [-0.2, -0.15) is 0 Å². The number of aliphatic hydroxyl groups excluding tert-OH is 1. The van der Waals surface area contributed by atoms with Crippen LogP contribution < -0.4 is 15.9 Å². The number of fused-ring (bicyclic) bond motifs is 1. The molecule has 0 spiro atoms. The lowest BCUT2D eigenvalue weighted by Crippen LogP contribution is -2.49. The van der Waals surface area contributed by atoms with Crippen LogP contribution in [0.1, 0.15) is 54.8 Å². The van der Waals surface area contributed by atoms with Crippen molar-refractivity contribution >= 4 is 22.9 Å². The number of aliphatic hydroxyl groups is 1. The average molecular weight is 507 g/mol. The number of aromatic amines is 1. The highest BCUT2D eigenvalue weighted by atomic mass is 16.5. The van der Waals surface area contributed by atoms with Gasteiger partial charge in [0, 0.05) is 23.8 Å². The summed E-state index contributed by atoms with van der Waals surface area (Å²) < 4.78 is 11.3. The number of benzene rings is 2. The maximum absolute atomic E-state index is 12.1. The minimum absolute atomic E-state index is 0.0913. The maximum Gasteiger partial charge on any atom is 0.417 e. The third-order valence-corrected chi connectivity index (χ3v) is 6.38. The average Bonchev–Trinajstić information content (AvgIpc) is 3.29. The third kappa shape index (κ3) is 5.99. The van der Waals surface area contributed by atoms with E-state index in [0.29, 0.717) is 35.7 Å². The molecule has 4 N–H and O–H groups in total. The third-order valence-electron chi connectivity index (χ3n) is 6.38. The number of carboxylic acid groups (broad SMARTS) is 1. The number of aromatic nitrogens is 2. The molecular weight excluding hydrogens is 476 g/mol. The first-order valence-corrected chi connectivity index (χ1v) is 11.9. The van der Waals surface area contributed by atoms with Crippen molar-refractivity contribution < 1.29 is 24.2 Å². The van der Waals surface area contributed by atoms with E-state index in [-0.39, 0.29) is 17.7 Å². The minimum atomic E-state index is -1.06. The molecule has 10 heteroatoms. The van der Waals surface area contributed by atoms with E-state index in [1.54, 1.807) is 17.1 Å². The van der Waals surface area contributed by atoms with Gasteiger partial charge in [-0.1, -0.05) is 37.3 Å². The van der Waals surface area contributed by atoms with Crippen molar-refractivity contribution in [3.8, 4) is 5.75 Å². The van der Waals surface area contributed by atoms with E-state index in [2.05, 4.69) is 15.4 Å². The molecular formula is C27H30N4O6. The molecule has 1 unspecified atom stereocenters. The van der Waals surface area contributed by atoms with Crippen LogP contribution in [0, 0.1) is 0 Å². The number of H-pyrrole nitrogens is 1. The zero-order valence-corrected chi connectivity index (χ0v) is 20.9. The van der Waals surface area contributed by atoms with Crippen LogP contribution in [-0.4, -0.2) is 43.2 Å². The number of hydrogen-bond donors (Lipinski definition) is 4. The molecule has 194 valence electrons. The van der Waals surface area contributed by atoms with Crippen LogP contribution in [0.25, 0.3) is 11.1 Å². The van der Waals surface area contributed by atoms with E-state index >= 15 is 0 Å². The summed E-state index contributed by atoms with van der Waals surface area (Å²) in [7, 11) is 0. The Labute approximate surface area is 213 Å². The van der Waals surface area contributed by atoms with Gasteiger partial charge < -0.3 is 24.8 Å². The lowest BCUT2D eigenvalue weighted by Gasteiger charge is -2.39. The van der Waals surface area contributed by atoms with Gasteiger partial charge in [0.2, 0.25) is 0 Å².